The van der Waals surface area contributed by atoms with Gasteiger partial charge in [0, 0.05) is 29.9 Å². The average Bonchev–Trinajstić information content (AvgIpc) is 3.34. The molecule has 1 fully saturated rings. The molecule has 4 rings (SSSR count). The fraction of sp³-hybridized carbons (Fsp3) is 0.250. The lowest BCUT2D eigenvalue weighted by Gasteiger charge is -2.10. The molecule has 3 N–H and O–H groups in total. The van der Waals surface area contributed by atoms with Gasteiger partial charge >= 0.3 is 0 Å². The first-order valence-corrected chi connectivity index (χ1v) is 10.1. The zero-order valence-electron chi connectivity index (χ0n) is 16.8. The summed E-state index contributed by atoms with van der Waals surface area (Å²) in [6.45, 7) is 2.64. The Bertz CT molecular complexity index is 1070. The quantitative estimate of drug-likeness (QED) is 0.585. The van der Waals surface area contributed by atoms with Gasteiger partial charge in [0.25, 0.3) is 0 Å². The summed E-state index contributed by atoms with van der Waals surface area (Å²) in [6, 6.07) is 16.0. The van der Waals surface area contributed by atoms with Gasteiger partial charge in [-0.25, -0.2) is 4.39 Å². The summed E-state index contributed by atoms with van der Waals surface area (Å²) in [5, 5.41) is 5.54. The number of nitrogens with one attached hydrogen (secondary N) is 3. The van der Waals surface area contributed by atoms with E-state index in [0.717, 1.165) is 33.6 Å². The molecule has 1 atom stereocenters. The Morgan fingerprint density at radius 1 is 1.17 bits per heavy atom. The molecule has 2 aromatic carbocycles. The summed E-state index contributed by atoms with van der Waals surface area (Å²) < 4.78 is 13.3. The molecular weight excluding hydrogens is 381 g/mol. The van der Waals surface area contributed by atoms with Crippen LogP contribution in [0.25, 0.3) is 22.5 Å². The Balaban J connectivity index is 1.58. The van der Waals surface area contributed by atoms with E-state index in [0.29, 0.717) is 19.4 Å². The Labute approximate surface area is 174 Å². The minimum absolute atomic E-state index is 0.121. The van der Waals surface area contributed by atoms with Crippen molar-refractivity contribution >= 4 is 11.8 Å². The molecular formula is C24H24FN3O2. The third kappa shape index (κ3) is 4.27. The summed E-state index contributed by atoms with van der Waals surface area (Å²) in [4.78, 5) is 27.6. The van der Waals surface area contributed by atoms with E-state index in [2.05, 4.69) is 15.6 Å². The standard InChI is InChI=1S/C24H24FN3O2/c1-15-4-2-3-5-19(15)23-17(8-11-22(29)27-20-12-13-26-24(20)30)14-21(28-23)16-6-9-18(25)10-7-16/h2-7,9-10,14,20,28H,8,11-13H2,1H3,(H,26,30)(H,27,29). The van der Waals surface area contributed by atoms with Crippen LogP contribution in [0, 0.1) is 12.7 Å². The summed E-state index contributed by atoms with van der Waals surface area (Å²) in [5.41, 5.74) is 5.91. The van der Waals surface area contributed by atoms with Gasteiger partial charge in [0.15, 0.2) is 0 Å². The van der Waals surface area contributed by atoms with E-state index in [-0.39, 0.29) is 24.1 Å². The number of H-pyrrole nitrogens is 1. The molecule has 154 valence electrons. The van der Waals surface area contributed by atoms with Crippen LogP contribution in [0.15, 0.2) is 54.6 Å². The molecule has 1 aliphatic heterocycles. The number of rotatable bonds is 6. The number of hydrogen-bond donors (Lipinski definition) is 3. The first kappa shape index (κ1) is 19.9. The molecule has 30 heavy (non-hydrogen) atoms. The van der Waals surface area contributed by atoms with Crippen molar-refractivity contribution in [3.63, 3.8) is 0 Å². The van der Waals surface area contributed by atoms with Gasteiger partial charge in [-0.2, -0.15) is 0 Å². The summed E-state index contributed by atoms with van der Waals surface area (Å²) in [5.74, 6) is -0.543. The van der Waals surface area contributed by atoms with Gasteiger partial charge in [-0.15, -0.1) is 0 Å². The molecule has 0 aliphatic carbocycles. The molecule has 0 bridgehead atoms. The fourth-order valence-corrected chi connectivity index (χ4v) is 3.82. The topological polar surface area (TPSA) is 74.0 Å². The van der Waals surface area contributed by atoms with Crippen molar-refractivity contribution in [1.82, 2.24) is 15.6 Å². The van der Waals surface area contributed by atoms with Gasteiger partial charge in [-0.1, -0.05) is 24.3 Å². The molecule has 6 heteroatoms. The number of aromatic nitrogens is 1. The molecule has 2 amide bonds. The van der Waals surface area contributed by atoms with Crippen LogP contribution in [0.5, 0.6) is 0 Å². The summed E-state index contributed by atoms with van der Waals surface area (Å²) in [7, 11) is 0. The van der Waals surface area contributed by atoms with Crippen LogP contribution in [-0.2, 0) is 16.0 Å². The SMILES string of the molecule is Cc1ccccc1-c1[nH]c(-c2ccc(F)cc2)cc1CCC(=O)NC1CCNC1=O. The van der Waals surface area contributed by atoms with Crippen LogP contribution in [0.1, 0.15) is 24.0 Å². The second-order valence-electron chi connectivity index (χ2n) is 7.60. The zero-order valence-corrected chi connectivity index (χ0v) is 16.8. The number of aromatic amines is 1. The number of aryl methyl sites for hydroxylation is 2. The second kappa shape index (κ2) is 8.53. The first-order valence-electron chi connectivity index (χ1n) is 10.1. The Morgan fingerprint density at radius 2 is 1.93 bits per heavy atom. The molecule has 1 saturated heterocycles. The van der Waals surface area contributed by atoms with Gasteiger partial charge < -0.3 is 15.6 Å². The molecule has 0 spiro atoms. The van der Waals surface area contributed by atoms with Crippen LogP contribution in [0.4, 0.5) is 4.39 Å². The average molecular weight is 405 g/mol. The smallest absolute Gasteiger partial charge is 0.242 e. The predicted molar refractivity (Wildman–Crippen MR) is 114 cm³/mol. The lowest BCUT2D eigenvalue weighted by Crippen LogP contribution is -2.40. The number of carbonyl (C=O) groups is 2. The zero-order chi connectivity index (χ0) is 21.1. The Morgan fingerprint density at radius 3 is 2.63 bits per heavy atom. The number of amides is 2. The van der Waals surface area contributed by atoms with E-state index in [1.54, 1.807) is 12.1 Å². The van der Waals surface area contributed by atoms with Crippen molar-refractivity contribution < 1.29 is 14.0 Å². The van der Waals surface area contributed by atoms with Gasteiger partial charge in [0.1, 0.15) is 11.9 Å². The number of carbonyl (C=O) groups excluding carboxylic acids is 2. The monoisotopic (exact) mass is 405 g/mol. The van der Waals surface area contributed by atoms with Gasteiger partial charge in [0.2, 0.25) is 11.8 Å². The van der Waals surface area contributed by atoms with Crippen LogP contribution >= 0.6 is 0 Å². The maximum Gasteiger partial charge on any atom is 0.242 e. The summed E-state index contributed by atoms with van der Waals surface area (Å²) in [6.07, 6.45) is 1.43. The van der Waals surface area contributed by atoms with E-state index < -0.39 is 6.04 Å². The van der Waals surface area contributed by atoms with Crippen molar-refractivity contribution in [2.75, 3.05) is 6.54 Å². The van der Waals surface area contributed by atoms with Crippen molar-refractivity contribution in [3.05, 3.63) is 71.5 Å². The second-order valence-corrected chi connectivity index (χ2v) is 7.60. The van der Waals surface area contributed by atoms with Gasteiger partial charge in [-0.05, 0) is 66.8 Å². The highest BCUT2D eigenvalue weighted by Crippen LogP contribution is 2.31. The summed E-state index contributed by atoms with van der Waals surface area (Å²) >= 11 is 0. The molecule has 0 saturated carbocycles. The Hall–Kier alpha value is -3.41. The van der Waals surface area contributed by atoms with Crippen molar-refractivity contribution in [2.24, 2.45) is 0 Å². The molecule has 0 radical (unpaired) electrons. The largest absolute Gasteiger partial charge is 0.354 e. The van der Waals surface area contributed by atoms with Crippen molar-refractivity contribution in [2.45, 2.75) is 32.2 Å². The van der Waals surface area contributed by atoms with E-state index >= 15 is 0 Å². The highest BCUT2D eigenvalue weighted by molar-refractivity contribution is 5.89. The molecule has 1 unspecified atom stereocenters. The molecule has 1 aliphatic rings. The number of hydrogen-bond acceptors (Lipinski definition) is 2. The van der Waals surface area contributed by atoms with E-state index in [1.807, 2.05) is 37.3 Å². The highest BCUT2D eigenvalue weighted by Gasteiger charge is 2.25. The fourth-order valence-electron chi connectivity index (χ4n) is 3.82. The number of halogens is 1. The van der Waals surface area contributed by atoms with Crippen molar-refractivity contribution in [1.29, 1.82) is 0 Å². The normalized spacial score (nSPS) is 15.8. The van der Waals surface area contributed by atoms with Crippen LogP contribution < -0.4 is 10.6 Å². The van der Waals surface area contributed by atoms with E-state index in [1.165, 1.54) is 12.1 Å². The van der Waals surface area contributed by atoms with Crippen molar-refractivity contribution in [3.8, 4) is 22.5 Å². The van der Waals surface area contributed by atoms with Crippen LogP contribution in [0.3, 0.4) is 0 Å². The first-order chi connectivity index (χ1) is 14.5. The highest BCUT2D eigenvalue weighted by atomic mass is 19.1. The van der Waals surface area contributed by atoms with Crippen LogP contribution in [-0.4, -0.2) is 29.4 Å². The van der Waals surface area contributed by atoms with Gasteiger partial charge in [-0.3, -0.25) is 9.59 Å². The minimum atomic E-state index is -0.436. The lowest BCUT2D eigenvalue weighted by molar-refractivity contribution is -0.127. The minimum Gasteiger partial charge on any atom is -0.354 e. The molecule has 3 aromatic rings. The number of benzene rings is 2. The van der Waals surface area contributed by atoms with Gasteiger partial charge in [0.05, 0.1) is 0 Å². The van der Waals surface area contributed by atoms with E-state index in [9.17, 15) is 14.0 Å². The maximum absolute atomic E-state index is 13.3. The van der Waals surface area contributed by atoms with Crippen LogP contribution in [0.2, 0.25) is 0 Å². The molecule has 5 nitrogen and oxygen atoms in total. The lowest BCUT2D eigenvalue weighted by atomic mass is 10.00. The Kier molecular flexibility index (Phi) is 5.65. The third-order valence-electron chi connectivity index (χ3n) is 5.47. The molecule has 2 heterocycles. The molecule has 1 aromatic heterocycles. The maximum atomic E-state index is 13.3. The predicted octanol–water partition coefficient (Wildman–Crippen LogP) is 3.73. The van der Waals surface area contributed by atoms with E-state index in [4.69, 9.17) is 0 Å². The third-order valence-corrected chi connectivity index (χ3v) is 5.47.